The molecule has 0 aliphatic rings. The van der Waals surface area contributed by atoms with Crippen LogP contribution >= 0.6 is 0 Å². The van der Waals surface area contributed by atoms with Gasteiger partial charge in [0.05, 0.1) is 23.9 Å². The highest BCUT2D eigenvalue weighted by Crippen LogP contribution is 2.12. The molecule has 0 saturated heterocycles. The Balaban J connectivity index is 1.59. The van der Waals surface area contributed by atoms with Crippen LogP contribution in [0.1, 0.15) is 27.9 Å². The van der Waals surface area contributed by atoms with Gasteiger partial charge in [-0.25, -0.2) is 4.39 Å². The summed E-state index contributed by atoms with van der Waals surface area (Å²) in [6, 6.07) is 31.5. The number of nitriles is 1. The van der Waals surface area contributed by atoms with Crippen LogP contribution in [0.5, 0.6) is 0 Å². The molecule has 1 unspecified atom stereocenters. The molecule has 0 aliphatic heterocycles. The smallest absolute Gasteiger partial charge is 0.128 e. The first kappa shape index (κ1) is 20.6. The third-order valence-electron chi connectivity index (χ3n) is 5.53. The largest absolute Gasteiger partial charge is 0.342 e. The van der Waals surface area contributed by atoms with Crippen LogP contribution in [0.3, 0.4) is 0 Å². The first-order chi connectivity index (χ1) is 15.2. The molecule has 4 aromatic rings. The first-order valence-corrected chi connectivity index (χ1v) is 10.5. The Morgan fingerprint density at radius 1 is 0.742 bits per heavy atom. The molecule has 1 heterocycles. The molecule has 154 valence electrons. The van der Waals surface area contributed by atoms with Crippen LogP contribution in [0.15, 0.2) is 97.2 Å². The normalized spacial score (nSPS) is 11.7. The van der Waals surface area contributed by atoms with Crippen molar-refractivity contribution in [3.05, 3.63) is 131 Å². The van der Waals surface area contributed by atoms with Gasteiger partial charge in [0.25, 0.3) is 0 Å². The van der Waals surface area contributed by atoms with Gasteiger partial charge in [-0.05, 0) is 24.3 Å². The van der Waals surface area contributed by atoms with Gasteiger partial charge < -0.3 is 9.47 Å². The van der Waals surface area contributed by atoms with Gasteiger partial charge in [0.2, 0.25) is 0 Å². The molecule has 0 saturated carbocycles. The van der Waals surface area contributed by atoms with E-state index < -0.39 is 0 Å². The van der Waals surface area contributed by atoms with E-state index in [0.717, 1.165) is 36.5 Å². The van der Waals surface area contributed by atoms with Gasteiger partial charge in [0.15, 0.2) is 0 Å². The van der Waals surface area contributed by atoms with Crippen LogP contribution in [0.2, 0.25) is 0 Å². The molecular weight excluding hydrogens is 385 g/mol. The number of quaternary nitrogens is 1. The number of halogens is 1. The molecule has 31 heavy (non-hydrogen) atoms. The monoisotopic (exact) mass is 410 g/mol. The molecule has 0 fully saturated rings. The Kier molecular flexibility index (Phi) is 6.56. The molecule has 3 aromatic carbocycles. The zero-order chi connectivity index (χ0) is 21.5. The van der Waals surface area contributed by atoms with E-state index in [4.69, 9.17) is 0 Å². The van der Waals surface area contributed by atoms with Crippen LogP contribution in [-0.2, 0) is 26.2 Å². The molecule has 1 N–H and O–H groups in total. The molecule has 3 nitrogen and oxygen atoms in total. The van der Waals surface area contributed by atoms with Gasteiger partial charge >= 0.3 is 0 Å². The number of nitrogens with zero attached hydrogens (tertiary/aromatic N) is 2. The predicted octanol–water partition coefficient (Wildman–Crippen LogP) is 4.33. The van der Waals surface area contributed by atoms with Gasteiger partial charge in [-0.3, -0.25) is 0 Å². The Morgan fingerprint density at radius 3 is 2.23 bits per heavy atom. The molecule has 4 rings (SSSR count). The summed E-state index contributed by atoms with van der Waals surface area (Å²) in [4.78, 5) is 1.32. The van der Waals surface area contributed by atoms with Crippen molar-refractivity contribution in [1.29, 1.82) is 5.26 Å². The average Bonchev–Trinajstić information content (AvgIpc) is 3.23. The quantitative estimate of drug-likeness (QED) is 0.461. The zero-order valence-electron chi connectivity index (χ0n) is 17.3. The van der Waals surface area contributed by atoms with E-state index in [1.54, 1.807) is 6.07 Å². The van der Waals surface area contributed by atoms with Crippen molar-refractivity contribution in [2.75, 3.05) is 0 Å². The standard InChI is InChI=1S/C27H24FN3/c28-27-15-7-6-13-25(27)20-31-16-8-14-26(31)21-30(18-22-9-2-1-3-10-22)19-24-12-5-4-11-23(24)17-29/h1-16H,18-21H2/p+1. The second-order valence-electron chi connectivity index (χ2n) is 7.75. The van der Waals surface area contributed by atoms with Crippen molar-refractivity contribution in [2.45, 2.75) is 26.2 Å². The molecule has 1 atom stereocenters. The minimum atomic E-state index is -0.182. The summed E-state index contributed by atoms with van der Waals surface area (Å²) < 4.78 is 16.3. The summed E-state index contributed by atoms with van der Waals surface area (Å²) in [5, 5.41) is 9.51. The van der Waals surface area contributed by atoms with E-state index in [-0.39, 0.29) is 5.82 Å². The molecule has 4 heteroatoms. The second-order valence-corrected chi connectivity index (χ2v) is 7.75. The number of benzene rings is 3. The Bertz CT molecular complexity index is 1170. The lowest BCUT2D eigenvalue weighted by molar-refractivity contribution is -0.941. The fourth-order valence-electron chi connectivity index (χ4n) is 3.96. The molecule has 0 spiro atoms. The number of nitrogens with one attached hydrogen (secondary N) is 1. The lowest BCUT2D eigenvalue weighted by Gasteiger charge is -2.21. The fraction of sp³-hybridized carbons (Fsp3) is 0.148. The Labute approximate surface area is 182 Å². The van der Waals surface area contributed by atoms with E-state index in [0.29, 0.717) is 12.1 Å². The van der Waals surface area contributed by atoms with Gasteiger partial charge in [0.1, 0.15) is 25.5 Å². The third kappa shape index (κ3) is 5.28. The van der Waals surface area contributed by atoms with Gasteiger partial charge in [-0.1, -0.05) is 66.7 Å². The summed E-state index contributed by atoms with van der Waals surface area (Å²) in [5.41, 5.74) is 4.83. The minimum absolute atomic E-state index is 0.182. The lowest BCUT2D eigenvalue weighted by atomic mass is 10.1. The molecule has 0 radical (unpaired) electrons. The lowest BCUT2D eigenvalue weighted by Crippen LogP contribution is -3.08. The second kappa shape index (κ2) is 9.88. The summed E-state index contributed by atoms with van der Waals surface area (Å²) in [6.07, 6.45) is 2.01. The molecule has 0 aliphatic carbocycles. The van der Waals surface area contributed by atoms with Gasteiger partial charge in [-0.15, -0.1) is 0 Å². The van der Waals surface area contributed by atoms with Crippen LogP contribution in [0, 0.1) is 17.1 Å². The van der Waals surface area contributed by atoms with Crippen molar-refractivity contribution in [3.8, 4) is 6.07 Å². The molecular formula is C27H25FN3+. The summed E-state index contributed by atoms with van der Waals surface area (Å²) in [6.45, 7) is 2.85. The number of rotatable bonds is 8. The fourth-order valence-corrected chi connectivity index (χ4v) is 3.96. The highest BCUT2D eigenvalue weighted by molar-refractivity contribution is 5.36. The summed E-state index contributed by atoms with van der Waals surface area (Å²) in [5.74, 6) is -0.182. The number of aromatic nitrogens is 1. The minimum Gasteiger partial charge on any atom is -0.342 e. The molecule has 0 amide bonds. The van der Waals surface area contributed by atoms with Crippen LogP contribution < -0.4 is 4.90 Å². The van der Waals surface area contributed by atoms with Gasteiger partial charge in [0, 0.05) is 22.9 Å². The summed E-state index contributed by atoms with van der Waals surface area (Å²) >= 11 is 0. The highest BCUT2D eigenvalue weighted by atomic mass is 19.1. The maximum absolute atomic E-state index is 14.2. The maximum Gasteiger partial charge on any atom is 0.128 e. The van der Waals surface area contributed by atoms with E-state index >= 15 is 0 Å². The van der Waals surface area contributed by atoms with Crippen molar-refractivity contribution in [2.24, 2.45) is 0 Å². The number of hydrogen-bond acceptors (Lipinski definition) is 1. The Hall–Kier alpha value is -3.68. The topological polar surface area (TPSA) is 33.2 Å². The predicted molar refractivity (Wildman–Crippen MR) is 120 cm³/mol. The average molecular weight is 411 g/mol. The summed E-state index contributed by atoms with van der Waals surface area (Å²) in [7, 11) is 0. The SMILES string of the molecule is N#Cc1ccccc1C[NH+](Cc1ccccc1)Cc1cccn1Cc1ccccc1F. The molecule has 1 aromatic heterocycles. The van der Waals surface area contributed by atoms with E-state index in [9.17, 15) is 9.65 Å². The van der Waals surface area contributed by atoms with Crippen LogP contribution in [0.4, 0.5) is 4.39 Å². The Morgan fingerprint density at radius 2 is 1.45 bits per heavy atom. The van der Waals surface area contributed by atoms with Crippen LogP contribution in [-0.4, -0.2) is 4.57 Å². The van der Waals surface area contributed by atoms with E-state index in [1.165, 1.54) is 16.5 Å². The third-order valence-corrected chi connectivity index (χ3v) is 5.53. The number of hydrogen-bond donors (Lipinski definition) is 1. The van der Waals surface area contributed by atoms with E-state index in [2.05, 4.69) is 41.0 Å². The molecule has 0 bridgehead atoms. The zero-order valence-corrected chi connectivity index (χ0v) is 17.3. The van der Waals surface area contributed by atoms with Crippen LogP contribution in [0.25, 0.3) is 0 Å². The first-order valence-electron chi connectivity index (χ1n) is 10.5. The van der Waals surface area contributed by atoms with Gasteiger partial charge in [-0.2, -0.15) is 5.26 Å². The van der Waals surface area contributed by atoms with Crippen molar-refractivity contribution in [1.82, 2.24) is 4.57 Å². The van der Waals surface area contributed by atoms with E-state index in [1.807, 2.05) is 54.7 Å². The van der Waals surface area contributed by atoms with Crippen molar-refractivity contribution < 1.29 is 9.29 Å². The maximum atomic E-state index is 14.2. The van der Waals surface area contributed by atoms with Crippen molar-refractivity contribution >= 4 is 0 Å². The van der Waals surface area contributed by atoms with Crippen molar-refractivity contribution in [3.63, 3.8) is 0 Å². The highest BCUT2D eigenvalue weighted by Gasteiger charge is 2.16.